The Bertz CT molecular complexity index is 691. The molecule has 0 aliphatic rings. The first-order valence-corrected chi connectivity index (χ1v) is 5.13. The number of rotatable bonds is 1. The number of hydrogen-bond donors (Lipinski definition) is 0. The lowest BCUT2D eigenvalue weighted by Gasteiger charge is -2.11. The van der Waals surface area contributed by atoms with E-state index in [1.54, 1.807) is 0 Å². The summed E-state index contributed by atoms with van der Waals surface area (Å²) in [6, 6.07) is 0. The molecule has 0 nitrogen and oxygen atoms in total. The summed E-state index contributed by atoms with van der Waals surface area (Å²) >= 11 is 0. The minimum atomic E-state index is -2.33. The molecule has 0 spiro atoms. The summed E-state index contributed by atoms with van der Waals surface area (Å²) in [6.07, 6.45) is -0.370. The van der Waals surface area contributed by atoms with Crippen LogP contribution in [0, 0.1) is 40.7 Å². The molecule has 2 aromatic carbocycles. The van der Waals surface area contributed by atoms with E-state index in [9.17, 15) is 30.7 Å². The maximum atomic E-state index is 13.8. The average Bonchev–Trinajstić information content (AvgIpc) is 2.38. The Balaban J connectivity index is 3.18. The molecular weight excluding hydrogens is 277 g/mol. The summed E-state index contributed by atoms with van der Waals surface area (Å²) in [6.45, 7) is 1.24. The predicted octanol–water partition coefficient (Wildman–Crippen LogP) is 4.38. The fourth-order valence-electron chi connectivity index (χ4n) is 1.84. The number of hydrogen-bond acceptors (Lipinski definition) is 0. The summed E-state index contributed by atoms with van der Waals surface area (Å²) in [4.78, 5) is 0. The zero-order valence-electron chi connectivity index (χ0n) is 9.35. The second-order valence-corrected chi connectivity index (χ2v) is 3.78. The zero-order valence-corrected chi connectivity index (χ0v) is 9.35. The van der Waals surface area contributed by atoms with Gasteiger partial charge in [-0.05, 0) is 6.42 Å². The molecular formula is C12H5F7. The lowest BCUT2D eigenvalue weighted by molar-refractivity contribution is 0.411. The Morgan fingerprint density at radius 2 is 0.895 bits per heavy atom. The minimum Gasteiger partial charge on any atom is -0.206 e. The molecule has 0 aliphatic carbocycles. The van der Waals surface area contributed by atoms with Crippen molar-refractivity contribution in [3.8, 4) is 0 Å². The first-order valence-electron chi connectivity index (χ1n) is 5.13. The first-order chi connectivity index (χ1) is 8.82. The summed E-state index contributed by atoms with van der Waals surface area (Å²) in [5.74, 6) is -14.2. The SMILES string of the molecule is CCc1c(F)c(F)c2c(F)c(F)c(F)c(F)c2c1F. The van der Waals surface area contributed by atoms with Gasteiger partial charge in [0.25, 0.3) is 0 Å². The summed E-state index contributed by atoms with van der Waals surface area (Å²) in [5, 5.41) is -3.02. The maximum Gasteiger partial charge on any atom is 0.198 e. The normalized spacial score (nSPS) is 11.4. The van der Waals surface area contributed by atoms with E-state index in [2.05, 4.69) is 0 Å². The molecule has 7 heteroatoms. The highest BCUT2D eigenvalue weighted by Crippen LogP contribution is 2.34. The van der Waals surface area contributed by atoms with Gasteiger partial charge in [-0.1, -0.05) is 6.92 Å². The highest BCUT2D eigenvalue weighted by atomic mass is 19.2. The van der Waals surface area contributed by atoms with E-state index in [1.807, 2.05) is 0 Å². The van der Waals surface area contributed by atoms with Gasteiger partial charge in [0.05, 0.1) is 10.8 Å². The Morgan fingerprint density at radius 1 is 0.526 bits per heavy atom. The van der Waals surface area contributed by atoms with Crippen LogP contribution in [-0.2, 0) is 6.42 Å². The van der Waals surface area contributed by atoms with Crippen LogP contribution in [0.3, 0.4) is 0 Å². The molecule has 2 aromatic rings. The van der Waals surface area contributed by atoms with Gasteiger partial charge in [0.2, 0.25) is 0 Å². The molecule has 0 amide bonds. The molecule has 0 N–H and O–H groups in total. The Morgan fingerprint density at radius 3 is 1.32 bits per heavy atom. The molecule has 0 unspecified atom stereocenters. The zero-order chi connectivity index (χ0) is 14.5. The molecule has 102 valence electrons. The van der Waals surface area contributed by atoms with E-state index in [0.29, 0.717) is 0 Å². The minimum absolute atomic E-state index is 0.370. The quantitative estimate of drug-likeness (QED) is 0.414. The van der Waals surface area contributed by atoms with Gasteiger partial charge in [-0.25, -0.2) is 30.7 Å². The van der Waals surface area contributed by atoms with Gasteiger partial charge >= 0.3 is 0 Å². The number of benzene rings is 2. The van der Waals surface area contributed by atoms with Crippen LogP contribution in [0.1, 0.15) is 12.5 Å². The van der Waals surface area contributed by atoms with E-state index in [1.165, 1.54) is 6.92 Å². The van der Waals surface area contributed by atoms with E-state index < -0.39 is 57.1 Å². The molecule has 0 aromatic heterocycles. The van der Waals surface area contributed by atoms with Crippen LogP contribution in [0.4, 0.5) is 30.7 Å². The van der Waals surface area contributed by atoms with Crippen molar-refractivity contribution in [3.05, 3.63) is 46.3 Å². The lowest BCUT2D eigenvalue weighted by Crippen LogP contribution is -2.07. The molecule has 0 saturated heterocycles. The summed E-state index contributed by atoms with van der Waals surface area (Å²) < 4.78 is 93.4. The van der Waals surface area contributed by atoms with Gasteiger partial charge in [0.15, 0.2) is 34.9 Å². The van der Waals surface area contributed by atoms with Crippen LogP contribution in [0.15, 0.2) is 0 Å². The third-order valence-corrected chi connectivity index (χ3v) is 2.78. The number of fused-ring (bicyclic) bond motifs is 1. The van der Waals surface area contributed by atoms with Crippen LogP contribution in [0.25, 0.3) is 10.8 Å². The van der Waals surface area contributed by atoms with Crippen molar-refractivity contribution in [2.45, 2.75) is 13.3 Å². The van der Waals surface area contributed by atoms with Crippen molar-refractivity contribution in [1.29, 1.82) is 0 Å². The van der Waals surface area contributed by atoms with Crippen molar-refractivity contribution in [1.82, 2.24) is 0 Å². The van der Waals surface area contributed by atoms with Crippen molar-refractivity contribution in [2.24, 2.45) is 0 Å². The second kappa shape index (κ2) is 4.40. The van der Waals surface area contributed by atoms with Crippen LogP contribution >= 0.6 is 0 Å². The van der Waals surface area contributed by atoms with Crippen molar-refractivity contribution < 1.29 is 30.7 Å². The Labute approximate surface area is 102 Å². The highest BCUT2D eigenvalue weighted by molar-refractivity contribution is 5.86. The molecule has 19 heavy (non-hydrogen) atoms. The molecule has 0 saturated carbocycles. The van der Waals surface area contributed by atoms with Crippen molar-refractivity contribution in [3.63, 3.8) is 0 Å². The maximum absolute atomic E-state index is 13.8. The molecule has 0 atom stereocenters. The third-order valence-electron chi connectivity index (χ3n) is 2.78. The largest absolute Gasteiger partial charge is 0.206 e. The summed E-state index contributed by atoms with van der Waals surface area (Å²) in [5.41, 5.74) is -0.866. The van der Waals surface area contributed by atoms with E-state index >= 15 is 0 Å². The topological polar surface area (TPSA) is 0 Å². The fourth-order valence-corrected chi connectivity index (χ4v) is 1.84. The van der Waals surface area contributed by atoms with Crippen LogP contribution in [0.2, 0.25) is 0 Å². The molecule has 2 rings (SSSR count). The van der Waals surface area contributed by atoms with E-state index in [0.717, 1.165) is 0 Å². The van der Waals surface area contributed by atoms with Gasteiger partial charge in [0.1, 0.15) is 5.82 Å². The molecule has 0 fully saturated rings. The van der Waals surface area contributed by atoms with Crippen molar-refractivity contribution >= 4 is 10.8 Å². The lowest BCUT2D eigenvalue weighted by atomic mass is 10.0. The van der Waals surface area contributed by atoms with E-state index in [-0.39, 0.29) is 6.42 Å². The fraction of sp³-hybridized carbons (Fsp3) is 0.167. The van der Waals surface area contributed by atoms with Gasteiger partial charge < -0.3 is 0 Å². The molecule has 0 bridgehead atoms. The average molecular weight is 282 g/mol. The van der Waals surface area contributed by atoms with Gasteiger partial charge in [-0.2, -0.15) is 0 Å². The standard InChI is InChI=1S/C12H5F7/c1-2-3-6(13)4-5(8(15)7(3)14)10(17)12(19)11(18)9(4)16/h2H2,1H3. The van der Waals surface area contributed by atoms with Crippen LogP contribution in [0.5, 0.6) is 0 Å². The van der Waals surface area contributed by atoms with Crippen molar-refractivity contribution in [2.75, 3.05) is 0 Å². The second-order valence-electron chi connectivity index (χ2n) is 3.78. The highest BCUT2D eigenvalue weighted by Gasteiger charge is 2.29. The predicted molar refractivity (Wildman–Crippen MR) is 53.0 cm³/mol. The smallest absolute Gasteiger partial charge is 0.198 e. The summed E-state index contributed by atoms with van der Waals surface area (Å²) in [7, 11) is 0. The Kier molecular flexibility index (Phi) is 3.15. The van der Waals surface area contributed by atoms with E-state index in [4.69, 9.17) is 0 Å². The van der Waals surface area contributed by atoms with Gasteiger partial charge in [-0.3, -0.25) is 0 Å². The van der Waals surface area contributed by atoms with Crippen LogP contribution in [-0.4, -0.2) is 0 Å². The van der Waals surface area contributed by atoms with Gasteiger partial charge in [-0.15, -0.1) is 0 Å². The molecule has 0 aliphatic heterocycles. The Hall–Kier alpha value is -1.79. The first kappa shape index (κ1) is 13.6. The molecule has 0 heterocycles. The van der Waals surface area contributed by atoms with Crippen LogP contribution < -0.4 is 0 Å². The van der Waals surface area contributed by atoms with Gasteiger partial charge in [0, 0.05) is 5.56 Å². The monoisotopic (exact) mass is 282 g/mol. The third kappa shape index (κ3) is 1.67. The molecule has 0 radical (unpaired) electrons. The number of halogens is 7.